The van der Waals surface area contributed by atoms with E-state index in [0.29, 0.717) is 5.69 Å². The number of fused-ring (bicyclic) bond motifs is 8. The molecule has 8 N–H and O–H groups in total. The van der Waals surface area contributed by atoms with E-state index in [4.69, 9.17) is 19.4 Å². The van der Waals surface area contributed by atoms with E-state index in [-0.39, 0.29) is 12.0 Å². The standard InChI is InChI=1S/C53H42N8O7/c62-28-42-47(63)48(64)49(65)50(67-42)68-53-60-51(59-52(66)61-53)54-33-18-16-32(17-19-33)46-40-26-24-38(57-40)44(30-12-6-2-7-13-30)36-22-20-34(55-36)43(29-10-4-1-5-11-29)35-21-23-37(56-35)45(31-14-8-3-9-15-31)39-25-27-41(46)58-39/h1-27,42,47-50,55,58,62-65H,28H2,(H2,54,59,60,61,66)/t42-,47-,48+,49-,50+/m1/s1. The first kappa shape index (κ1) is 42.3. The lowest BCUT2D eigenvalue weighted by molar-refractivity contribution is -0.278. The van der Waals surface area contributed by atoms with Gasteiger partial charge in [-0.15, -0.1) is 0 Å². The quantitative estimate of drug-likeness (QED) is 0.0697. The minimum Gasteiger partial charge on any atom is -0.432 e. The van der Waals surface area contributed by atoms with Gasteiger partial charge in [-0.05, 0) is 83.0 Å². The number of H-pyrrole nitrogens is 3. The molecule has 4 aromatic carbocycles. The summed E-state index contributed by atoms with van der Waals surface area (Å²) in [5.74, 6) is -0.131. The number of hydrogen-bond acceptors (Lipinski definition) is 12. The molecule has 15 heteroatoms. The number of nitrogens with zero attached hydrogens (tertiary/aromatic N) is 4. The molecule has 0 aliphatic carbocycles. The highest BCUT2D eigenvalue weighted by Crippen LogP contribution is 2.39. The predicted octanol–water partition coefficient (Wildman–Crippen LogP) is 7.72. The second-order valence-corrected chi connectivity index (χ2v) is 16.4. The van der Waals surface area contributed by atoms with Gasteiger partial charge >= 0.3 is 11.7 Å². The summed E-state index contributed by atoms with van der Waals surface area (Å²) in [5.41, 5.74) is 13.8. The Bertz CT molecular complexity index is 3430. The molecule has 3 aliphatic heterocycles. The number of hydrogen-bond donors (Lipinski definition) is 8. The number of rotatable bonds is 9. The van der Waals surface area contributed by atoms with Crippen molar-refractivity contribution in [1.82, 2.24) is 34.9 Å². The van der Waals surface area contributed by atoms with Crippen LogP contribution in [0.25, 0.3) is 90.9 Å². The summed E-state index contributed by atoms with van der Waals surface area (Å²) in [6.07, 6.45) is 0.432. The number of aromatic amines is 3. The SMILES string of the molecule is O=c1nc(Nc2ccc(-c3c4nc(c(-c5ccccc5)c5ccc([nH]5)c(-c5ccccc5)c5nc(c(-c6ccccc6)c6ccc3[nH]6)C=C5)C=C4)cc2)nc(O[C@@H]2O[C@H](CO)[C@@H](O)[C@H](O)[C@H]2O)[nH]1. The van der Waals surface area contributed by atoms with Gasteiger partial charge in [0, 0.05) is 50.0 Å². The van der Waals surface area contributed by atoms with Crippen molar-refractivity contribution in [3.05, 3.63) is 173 Å². The van der Waals surface area contributed by atoms with Crippen LogP contribution in [-0.2, 0) is 4.74 Å². The number of benzene rings is 4. The van der Waals surface area contributed by atoms with Crippen molar-refractivity contribution in [3.63, 3.8) is 0 Å². The summed E-state index contributed by atoms with van der Waals surface area (Å²) in [5, 5.41) is 43.5. The van der Waals surface area contributed by atoms with Gasteiger partial charge in [0.05, 0.1) is 29.4 Å². The van der Waals surface area contributed by atoms with Gasteiger partial charge in [0.1, 0.15) is 24.4 Å². The zero-order valence-corrected chi connectivity index (χ0v) is 36.0. The van der Waals surface area contributed by atoms with Crippen LogP contribution in [0.3, 0.4) is 0 Å². The Kier molecular flexibility index (Phi) is 11.1. The van der Waals surface area contributed by atoms with Crippen LogP contribution in [0.5, 0.6) is 6.01 Å². The van der Waals surface area contributed by atoms with Gasteiger partial charge in [-0.25, -0.2) is 14.8 Å². The van der Waals surface area contributed by atoms with Gasteiger partial charge in [0.2, 0.25) is 12.2 Å². The van der Waals surface area contributed by atoms with Gasteiger partial charge in [0.25, 0.3) is 0 Å². The lowest BCUT2D eigenvalue weighted by Crippen LogP contribution is -2.60. The summed E-state index contributed by atoms with van der Waals surface area (Å²) < 4.78 is 11.0. The average molecular weight is 903 g/mol. The molecule has 7 heterocycles. The van der Waals surface area contributed by atoms with Gasteiger partial charge in [-0.1, -0.05) is 103 Å². The van der Waals surface area contributed by atoms with E-state index >= 15 is 0 Å². The van der Waals surface area contributed by atoms with Crippen LogP contribution >= 0.6 is 0 Å². The molecule has 0 saturated carbocycles. The molecular formula is C53H42N8O7. The molecule has 0 radical (unpaired) electrons. The molecular weight excluding hydrogens is 861 g/mol. The zero-order chi connectivity index (χ0) is 46.3. The molecule has 68 heavy (non-hydrogen) atoms. The van der Waals surface area contributed by atoms with E-state index in [0.717, 1.165) is 89.4 Å². The Hall–Kier alpha value is -8.31. The summed E-state index contributed by atoms with van der Waals surface area (Å²) in [6, 6.07) is 46.1. The van der Waals surface area contributed by atoms with Crippen molar-refractivity contribution in [2.75, 3.05) is 11.9 Å². The molecule has 3 aliphatic rings. The lowest BCUT2D eigenvalue weighted by Gasteiger charge is -2.39. The van der Waals surface area contributed by atoms with E-state index in [9.17, 15) is 25.2 Å². The zero-order valence-electron chi connectivity index (χ0n) is 36.0. The lowest BCUT2D eigenvalue weighted by atomic mass is 9.99. The fraction of sp³-hybridized carbons (Fsp3) is 0.113. The molecule has 4 aromatic heterocycles. The minimum absolute atomic E-state index is 0.131. The van der Waals surface area contributed by atoms with Crippen molar-refractivity contribution in [1.29, 1.82) is 0 Å². The Morgan fingerprint density at radius 3 is 1.35 bits per heavy atom. The fourth-order valence-corrected chi connectivity index (χ4v) is 8.84. The highest BCUT2D eigenvalue weighted by atomic mass is 16.7. The Labute approximate surface area is 387 Å². The van der Waals surface area contributed by atoms with Gasteiger partial charge in [-0.2, -0.15) is 9.97 Å². The van der Waals surface area contributed by atoms with Gasteiger partial charge in [-0.3, -0.25) is 4.98 Å². The molecule has 336 valence electrons. The van der Waals surface area contributed by atoms with Crippen molar-refractivity contribution in [2.45, 2.75) is 30.7 Å². The van der Waals surface area contributed by atoms with E-state index in [2.05, 4.69) is 103 Å². The number of aliphatic hydroxyl groups is 4. The summed E-state index contributed by atoms with van der Waals surface area (Å²) >= 11 is 0. The number of ether oxygens (including phenoxy) is 2. The molecule has 0 unspecified atom stereocenters. The molecule has 1 fully saturated rings. The van der Waals surface area contributed by atoms with Crippen molar-refractivity contribution in [3.8, 4) is 50.5 Å². The van der Waals surface area contributed by atoms with E-state index in [1.54, 1.807) is 0 Å². The number of nitrogens with one attached hydrogen (secondary N) is 4. The molecule has 0 spiro atoms. The highest BCUT2D eigenvalue weighted by Gasteiger charge is 2.45. The normalized spacial score (nSPS) is 18.7. The molecule has 5 atom stereocenters. The fourth-order valence-electron chi connectivity index (χ4n) is 8.84. The second-order valence-electron chi connectivity index (χ2n) is 16.4. The maximum atomic E-state index is 12.7. The maximum Gasteiger partial charge on any atom is 0.352 e. The largest absolute Gasteiger partial charge is 0.432 e. The molecule has 8 aromatic rings. The highest BCUT2D eigenvalue weighted by molar-refractivity contribution is 5.99. The Morgan fingerprint density at radius 2 is 0.926 bits per heavy atom. The monoisotopic (exact) mass is 902 g/mol. The third kappa shape index (κ3) is 8.06. The van der Waals surface area contributed by atoms with Crippen molar-refractivity contribution < 1.29 is 29.9 Å². The molecule has 0 amide bonds. The van der Waals surface area contributed by atoms with Crippen LogP contribution in [0.4, 0.5) is 11.6 Å². The topological polar surface area (TPSA) is 227 Å². The van der Waals surface area contributed by atoms with Crippen molar-refractivity contribution >= 4 is 58.0 Å². The smallest absolute Gasteiger partial charge is 0.352 e. The van der Waals surface area contributed by atoms with Crippen LogP contribution in [0, 0.1) is 0 Å². The van der Waals surface area contributed by atoms with E-state index in [1.165, 1.54) is 0 Å². The van der Waals surface area contributed by atoms with Crippen molar-refractivity contribution in [2.24, 2.45) is 0 Å². The number of aliphatic hydroxyl groups excluding tert-OH is 4. The summed E-state index contributed by atoms with van der Waals surface area (Å²) in [6.45, 7) is -0.655. The first-order valence-electron chi connectivity index (χ1n) is 21.9. The minimum atomic E-state index is -1.71. The number of anilines is 2. The Balaban J connectivity index is 1.06. The summed E-state index contributed by atoms with van der Waals surface area (Å²) in [7, 11) is 0. The Morgan fingerprint density at radius 1 is 0.500 bits per heavy atom. The average Bonchev–Trinajstić information content (AvgIpc) is 4.22. The van der Waals surface area contributed by atoms with E-state index < -0.39 is 43.0 Å². The van der Waals surface area contributed by atoms with Gasteiger partial charge in [0.15, 0.2) is 0 Å². The van der Waals surface area contributed by atoms with Crippen LogP contribution in [0.1, 0.15) is 22.8 Å². The molecule has 8 bridgehead atoms. The maximum absolute atomic E-state index is 12.7. The first-order valence-corrected chi connectivity index (χ1v) is 21.9. The van der Waals surface area contributed by atoms with E-state index in [1.807, 2.05) is 91.0 Å². The second kappa shape index (κ2) is 17.8. The van der Waals surface area contributed by atoms with Crippen LogP contribution < -0.4 is 15.7 Å². The van der Waals surface area contributed by atoms with Gasteiger partial charge < -0.3 is 45.2 Å². The van der Waals surface area contributed by atoms with Crippen LogP contribution in [-0.4, -0.2) is 92.6 Å². The molecule has 1 saturated heterocycles. The number of aromatic nitrogens is 7. The summed E-state index contributed by atoms with van der Waals surface area (Å²) in [4.78, 5) is 41.4. The predicted molar refractivity (Wildman–Crippen MR) is 261 cm³/mol. The van der Waals surface area contributed by atoms with Crippen LogP contribution in [0.15, 0.2) is 144 Å². The third-order valence-electron chi connectivity index (χ3n) is 12.1. The van der Waals surface area contributed by atoms with Crippen LogP contribution in [0.2, 0.25) is 0 Å². The first-order chi connectivity index (χ1) is 33.3. The molecule has 11 rings (SSSR count). The molecule has 15 nitrogen and oxygen atoms in total. The third-order valence-corrected chi connectivity index (χ3v) is 12.1.